The average molecular weight is 261 g/mol. The van der Waals surface area contributed by atoms with E-state index in [1.54, 1.807) is 6.07 Å². The molecule has 3 nitrogen and oxygen atoms in total. The molecule has 0 amide bonds. The molecule has 0 atom stereocenters. The van der Waals surface area contributed by atoms with E-state index >= 15 is 0 Å². The number of aryl methyl sites for hydroxylation is 3. The van der Waals surface area contributed by atoms with Crippen molar-refractivity contribution in [2.75, 3.05) is 0 Å². The summed E-state index contributed by atoms with van der Waals surface area (Å²) in [6.45, 7) is 5.52. The van der Waals surface area contributed by atoms with Gasteiger partial charge in [0.2, 0.25) is 0 Å². The Morgan fingerprint density at radius 2 is 2.00 bits per heavy atom. The highest BCUT2D eigenvalue weighted by atomic mass is 19.1. The molecule has 0 aliphatic heterocycles. The Morgan fingerprint density at radius 3 is 2.74 bits per heavy atom. The number of nitrogens with zero attached hydrogens (tertiary/aromatic N) is 2. The van der Waals surface area contributed by atoms with Gasteiger partial charge in [-0.3, -0.25) is 4.68 Å². The fourth-order valence-corrected chi connectivity index (χ4v) is 2.19. The summed E-state index contributed by atoms with van der Waals surface area (Å²) in [4.78, 5) is 0. The van der Waals surface area contributed by atoms with Gasteiger partial charge in [-0.25, -0.2) is 4.39 Å². The minimum absolute atomic E-state index is 0.182. The molecule has 2 aromatic rings. The first-order chi connectivity index (χ1) is 9.10. The third-order valence-corrected chi connectivity index (χ3v) is 3.27. The number of benzene rings is 1. The van der Waals surface area contributed by atoms with Crippen LogP contribution in [0.3, 0.4) is 0 Å². The van der Waals surface area contributed by atoms with Crippen molar-refractivity contribution in [2.24, 2.45) is 7.05 Å². The zero-order chi connectivity index (χ0) is 13.8. The first-order valence-corrected chi connectivity index (χ1v) is 6.57. The van der Waals surface area contributed by atoms with Gasteiger partial charge < -0.3 is 5.32 Å². The maximum absolute atomic E-state index is 13.2. The highest BCUT2D eigenvalue weighted by Gasteiger charge is 2.06. The Hall–Kier alpha value is -1.68. The summed E-state index contributed by atoms with van der Waals surface area (Å²) in [5.41, 5.74) is 4.43. The molecule has 1 heterocycles. The van der Waals surface area contributed by atoms with Crippen molar-refractivity contribution in [2.45, 2.75) is 33.4 Å². The van der Waals surface area contributed by atoms with E-state index in [0.717, 1.165) is 29.8 Å². The maximum Gasteiger partial charge on any atom is 0.123 e. The summed E-state index contributed by atoms with van der Waals surface area (Å²) in [7, 11) is 1.93. The standard InChI is InChI=1S/C15H20FN3/c1-4-15-13(10-19(3)18-15)9-17-8-12-7-14(16)6-5-11(12)2/h5-7,10,17H,4,8-9H2,1-3H3. The summed E-state index contributed by atoms with van der Waals surface area (Å²) < 4.78 is 15.0. The summed E-state index contributed by atoms with van der Waals surface area (Å²) >= 11 is 0. The van der Waals surface area contributed by atoms with Crippen molar-refractivity contribution in [3.63, 3.8) is 0 Å². The third-order valence-electron chi connectivity index (χ3n) is 3.27. The molecule has 1 aromatic heterocycles. The Labute approximate surface area is 113 Å². The van der Waals surface area contributed by atoms with Gasteiger partial charge in [0.05, 0.1) is 5.69 Å². The van der Waals surface area contributed by atoms with E-state index in [2.05, 4.69) is 17.3 Å². The van der Waals surface area contributed by atoms with Gasteiger partial charge in [0.25, 0.3) is 0 Å². The molecule has 0 fully saturated rings. The molecule has 0 radical (unpaired) electrons. The van der Waals surface area contributed by atoms with Crippen molar-refractivity contribution in [3.05, 3.63) is 52.6 Å². The van der Waals surface area contributed by atoms with E-state index in [9.17, 15) is 4.39 Å². The predicted molar refractivity (Wildman–Crippen MR) is 74.3 cm³/mol. The van der Waals surface area contributed by atoms with Gasteiger partial charge in [0.15, 0.2) is 0 Å². The minimum atomic E-state index is -0.182. The molecule has 0 aliphatic rings. The van der Waals surface area contributed by atoms with Gasteiger partial charge >= 0.3 is 0 Å². The Kier molecular flexibility index (Phi) is 4.32. The van der Waals surface area contributed by atoms with Crippen LogP contribution in [-0.4, -0.2) is 9.78 Å². The predicted octanol–water partition coefficient (Wildman–Crippen LogP) is 2.72. The number of nitrogens with one attached hydrogen (secondary N) is 1. The van der Waals surface area contributed by atoms with Crippen LogP contribution in [0.5, 0.6) is 0 Å². The first kappa shape index (κ1) is 13.7. The second-order valence-corrected chi connectivity index (χ2v) is 4.80. The molecular weight excluding hydrogens is 241 g/mol. The van der Waals surface area contributed by atoms with Gasteiger partial charge in [0.1, 0.15) is 5.82 Å². The Bertz CT molecular complexity index is 561. The number of hydrogen-bond donors (Lipinski definition) is 1. The fraction of sp³-hybridized carbons (Fsp3) is 0.400. The third kappa shape index (κ3) is 3.41. The summed E-state index contributed by atoms with van der Waals surface area (Å²) in [5.74, 6) is -0.182. The molecule has 0 bridgehead atoms. The van der Waals surface area contributed by atoms with Crippen LogP contribution in [0.4, 0.5) is 4.39 Å². The van der Waals surface area contributed by atoms with E-state index < -0.39 is 0 Å². The molecule has 0 saturated heterocycles. The smallest absolute Gasteiger partial charge is 0.123 e. The lowest BCUT2D eigenvalue weighted by Gasteiger charge is -2.08. The second kappa shape index (κ2) is 5.97. The maximum atomic E-state index is 13.2. The van der Waals surface area contributed by atoms with Crippen molar-refractivity contribution < 1.29 is 4.39 Å². The minimum Gasteiger partial charge on any atom is -0.308 e. The first-order valence-electron chi connectivity index (χ1n) is 6.57. The Morgan fingerprint density at radius 1 is 1.26 bits per heavy atom. The Balaban J connectivity index is 1.98. The van der Waals surface area contributed by atoms with Crippen LogP contribution in [0.1, 0.15) is 29.3 Å². The van der Waals surface area contributed by atoms with Crippen LogP contribution in [0.2, 0.25) is 0 Å². The van der Waals surface area contributed by atoms with E-state index in [1.165, 1.54) is 11.6 Å². The second-order valence-electron chi connectivity index (χ2n) is 4.80. The van der Waals surface area contributed by atoms with E-state index in [-0.39, 0.29) is 5.82 Å². The molecule has 1 aromatic carbocycles. The molecule has 0 aliphatic carbocycles. The topological polar surface area (TPSA) is 29.9 Å². The zero-order valence-corrected chi connectivity index (χ0v) is 11.7. The van der Waals surface area contributed by atoms with Crippen LogP contribution in [0.25, 0.3) is 0 Å². The molecule has 2 rings (SSSR count). The summed E-state index contributed by atoms with van der Waals surface area (Å²) in [5, 5.41) is 7.76. The molecular formula is C15H20FN3. The van der Waals surface area contributed by atoms with Gasteiger partial charge in [-0.1, -0.05) is 13.0 Å². The normalized spacial score (nSPS) is 10.9. The lowest BCUT2D eigenvalue weighted by atomic mass is 10.1. The number of halogens is 1. The van der Waals surface area contributed by atoms with Crippen molar-refractivity contribution in [1.82, 2.24) is 15.1 Å². The monoisotopic (exact) mass is 261 g/mol. The highest BCUT2D eigenvalue weighted by Crippen LogP contribution is 2.11. The SMILES string of the molecule is CCc1nn(C)cc1CNCc1cc(F)ccc1C. The van der Waals surface area contributed by atoms with Gasteiger partial charge in [-0.05, 0) is 36.6 Å². The number of aromatic nitrogens is 2. The van der Waals surface area contributed by atoms with Gasteiger partial charge in [-0.15, -0.1) is 0 Å². The molecule has 0 spiro atoms. The van der Waals surface area contributed by atoms with Gasteiger partial charge in [-0.2, -0.15) is 5.10 Å². The molecule has 102 valence electrons. The zero-order valence-electron chi connectivity index (χ0n) is 11.7. The molecule has 1 N–H and O–H groups in total. The summed E-state index contributed by atoms with van der Waals surface area (Å²) in [6, 6.07) is 4.90. The lowest BCUT2D eigenvalue weighted by molar-refractivity contribution is 0.618. The van der Waals surface area contributed by atoms with Crippen LogP contribution in [0.15, 0.2) is 24.4 Å². The molecule has 0 unspecified atom stereocenters. The average Bonchev–Trinajstić information content (AvgIpc) is 2.74. The van der Waals surface area contributed by atoms with Gasteiger partial charge in [0, 0.05) is 31.9 Å². The van der Waals surface area contributed by atoms with E-state index in [1.807, 2.05) is 30.9 Å². The quantitative estimate of drug-likeness (QED) is 0.897. The van der Waals surface area contributed by atoms with Crippen LogP contribution >= 0.6 is 0 Å². The molecule has 19 heavy (non-hydrogen) atoms. The van der Waals surface area contributed by atoms with Crippen LogP contribution in [-0.2, 0) is 26.6 Å². The van der Waals surface area contributed by atoms with Crippen molar-refractivity contribution >= 4 is 0 Å². The largest absolute Gasteiger partial charge is 0.308 e. The van der Waals surface area contributed by atoms with Crippen LogP contribution in [0, 0.1) is 12.7 Å². The van der Waals surface area contributed by atoms with E-state index in [0.29, 0.717) is 6.54 Å². The number of rotatable bonds is 5. The van der Waals surface area contributed by atoms with Crippen molar-refractivity contribution in [3.8, 4) is 0 Å². The molecule has 4 heteroatoms. The van der Waals surface area contributed by atoms with Crippen molar-refractivity contribution in [1.29, 1.82) is 0 Å². The molecule has 0 saturated carbocycles. The lowest BCUT2D eigenvalue weighted by Crippen LogP contribution is -2.14. The highest BCUT2D eigenvalue weighted by molar-refractivity contribution is 5.26. The number of hydrogen-bond acceptors (Lipinski definition) is 2. The fourth-order valence-electron chi connectivity index (χ4n) is 2.19. The van der Waals surface area contributed by atoms with Crippen LogP contribution < -0.4 is 5.32 Å². The van der Waals surface area contributed by atoms with E-state index in [4.69, 9.17) is 0 Å². The summed E-state index contributed by atoms with van der Waals surface area (Å²) in [6.07, 6.45) is 2.96.